The molecular weight excluding hydrogens is 301 g/mol. The summed E-state index contributed by atoms with van der Waals surface area (Å²) in [5, 5.41) is 3.21. The number of aryl methyl sites for hydroxylation is 1. The highest BCUT2D eigenvalue weighted by molar-refractivity contribution is 14.1. The number of ketones is 1. The molecule has 0 atom stereocenters. The van der Waals surface area contributed by atoms with Crippen molar-refractivity contribution in [1.29, 1.82) is 0 Å². The Morgan fingerprint density at radius 1 is 1.53 bits per heavy atom. The van der Waals surface area contributed by atoms with Crippen LogP contribution in [0.5, 0.6) is 0 Å². The zero-order chi connectivity index (χ0) is 10.8. The van der Waals surface area contributed by atoms with E-state index in [1.807, 2.05) is 6.07 Å². The van der Waals surface area contributed by atoms with Gasteiger partial charge in [-0.1, -0.05) is 0 Å². The zero-order valence-electron chi connectivity index (χ0n) is 8.72. The quantitative estimate of drug-likeness (QED) is 0.866. The molecule has 1 N–H and O–H groups in total. The summed E-state index contributed by atoms with van der Waals surface area (Å²) < 4.78 is 1.23. The van der Waals surface area contributed by atoms with Crippen molar-refractivity contribution < 1.29 is 4.79 Å². The molecule has 0 aromatic heterocycles. The molecule has 0 unspecified atom stereocenters. The second kappa shape index (κ2) is 4.51. The Kier molecular flexibility index (Phi) is 3.29. The Labute approximate surface area is 104 Å². The summed E-state index contributed by atoms with van der Waals surface area (Å²) in [6.45, 7) is 2.54. The van der Waals surface area contributed by atoms with Crippen molar-refractivity contribution in [3.63, 3.8) is 0 Å². The maximum atomic E-state index is 11.5. The largest absolute Gasteiger partial charge is 0.378 e. The SMILES string of the molecule is Cc1cc(I)ccc1NCC(=O)C1CC1. The second-order valence-electron chi connectivity index (χ2n) is 4.05. The van der Waals surface area contributed by atoms with Crippen molar-refractivity contribution in [2.24, 2.45) is 5.92 Å². The molecule has 0 amide bonds. The fourth-order valence-corrected chi connectivity index (χ4v) is 2.20. The maximum absolute atomic E-state index is 11.5. The van der Waals surface area contributed by atoms with Gasteiger partial charge in [0.2, 0.25) is 0 Å². The van der Waals surface area contributed by atoms with Gasteiger partial charge in [-0.05, 0) is 66.1 Å². The molecule has 1 fully saturated rings. The van der Waals surface area contributed by atoms with Crippen LogP contribution < -0.4 is 5.32 Å². The van der Waals surface area contributed by atoms with E-state index in [4.69, 9.17) is 0 Å². The van der Waals surface area contributed by atoms with E-state index in [2.05, 4.69) is 47.0 Å². The summed E-state index contributed by atoms with van der Waals surface area (Å²) in [6, 6.07) is 6.21. The number of benzene rings is 1. The minimum atomic E-state index is 0.349. The van der Waals surface area contributed by atoms with Crippen LogP contribution in [0.2, 0.25) is 0 Å². The van der Waals surface area contributed by atoms with E-state index in [1.165, 1.54) is 9.13 Å². The van der Waals surface area contributed by atoms with Crippen molar-refractivity contribution in [2.45, 2.75) is 19.8 Å². The molecule has 15 heavy (non-hydrogen) atoms. The van der Waals surface area contributed by atoms with Gasteiger partial charge >= 0.3 is 0 Å². The molecule has 0 radical (unpaired) electrons. The molecule has 1 aliphatic carbocycles. The van der Waals surface area contributed by atoms with Gasteiger partial charge in [0.1, 0.15) is 0 Å². The van der Waals surface area contributed by atoms with E-state index in [-0.39, 0.29) is 0 Å². The summed E-state index contributed by atoms with van der Waals surface area (Å²) >= 11 is 2.29. The maximum Gasteiger partial charge on any atom is 0.154 e. The fraction of sp³-hybridized carbons (Fsp3) is 0.417. The molecule has 0 aliphatic heterocycles. The first-order valence-corrected chi connectivity index (χ1v) is 6.27. The second-order valence-corrected chi connectivity index (χ2v) is 5.30. The molecule has 1 aliphatic rings. The number of halogens is 1. The van der Waals surface area contributed by atoms with Crippen LogP contribution in [-0.2, 0) is 4.79 Å². The molecule has 2 nitrogen and oxygen atoms in total. The predicted octanol–water partition coefficient (Wildman–Crippen LogP) is 2.99. The number of hydrogen-bond acceptors (Lipinski definition) is 2. The molecule has 2 rings (SSSR count). The number of hydrogen-bond donors (Lipinski definition) is 1. The van der Waals surface area contributed by atoms with E-state index >= 15 is 0 Å². The Morgan fingerprint density at radius 3 is 2.87 bits per heavy atom. The Bertz CT molecular complexity index is 385. The topological polar surface area (TPSA) is 29.1 Å². The van der Waals surface area contributed by atoms with Gasteiger partial charge in [-0.15, -0.1) is 0 Å². The summed E-state index contributed by atoms with van der Waals surface area (Å²) in [4.78, 5) is 11.5. The lowest BCUT2D eigenvalue weighted by molar-refractivity contribution is -0.118. The van der Waals surface area contributed by atoms with Crippen LogP contribution in [0.3, 0.4) is 0 Å². The minimum Gasteiger partial charge on any atom is -0.378 e. The van der Waals surface area contributed by atoms with Crippen LogP contribution in [-0.4, -0.2) is 12.3 Å². The van der Waals surface area contributed by atoms with E-state index in [9.17, 15) is 4.79 Å². The number of rotatable bonds is 4. The predicted molar refractivity (Wildman–Crippen MR) is 70.1 cm³/mol. The summed E-state index contributed by atoms with van der Waals surface area (Å²) in [5.74, 6) is 0.703. The summed E-state index contributed by atoms with van der Waals surface area (Å²) in [5.41, 5.74) is 2.27. The molecule has 3 heteroatoms. The lowest BCUT2D eigenvalue weighted by Crippen LogP contribution is -2.15. The molecule has 80 valence electrons. The molecule has 0 spiro atoms. The van der Waals surface area contributed by atoms with Crippen molar-refractivity contribution in [3.8, 4) is 0 Å². The average Bonchev–Trinajstić information content (AvgIpc) is 2.99. The number of carbonyl (C=O) groups is 1. The van der Waals surface area contributed by atoms with Gasteiger partial charge in [-0.2, -0.15) is 0 Å². The van der Waals surface area contributed by atoms with E-state index in [1.54, 1.807) is 0 Å². The zero-order valence-corrected chi connectivity index (χ0v) is 10.9. The Balaban J connectivity index is 1.95. The molecule has 0 saturated heterocycles. The molecule has 0 heterocycles. The highest BCUT2D eigenvalue weighted by atomic mass is 127. The van der Waals surface area contributed by atoms with Gasteiger partial charge in [-0.3, -0.25) is 4.79 Å². The van der Waals surface area contributed by atoms with Gasteiger partial charge in [-0.25, -0.2) is 0 Å². The van der Waals surface area contributed by atoms with E-state index in [0.717, 1.165) is 18.5 Å². The van der Waals surface area contributed by atoms with E-state index in [0.29, 0.717) is 18.2 Å². The molecule has 1 saturated carbocycles. The first-order valence-electron chi connectivity index (χ1n) is 5.19. The van der Waals surface area contributed by atoms with Gasteiger partial charge in [0.05, 0.1) is 6.54 Å². The van der Waals surface area contributed by atoms with Crippen LogP contribution in [0.25, 0.3) is 0 Å². The molecular formula is C12H14INO. The average molecular weight is 315 g/mol. The fourth-order valence-electron chi connectivity index (χ4n) is 1.56. The number of nitrogens with one attached hydrogen (secondary N) is 1. The molecule has 1 aromatic carbocycles. The summed E-state index contributed by atoms with van der Waals surface area (Å²) in [6.07, 6.45) is 2.18. The Morgan fingerprint density at radius 2 is 2.27 bits per heavy atom. The Hall–Kier alpha value is -0.580. The summed E-state index contributed by atoms with van der Waals surface area (Å²) in [7, 11) is 0. The van der Waals surface area contributed by atoms with Gasteiger partial charge < -0.3 is 5.32 Å². The smallest absolute Gasteiger partial charge is 0.154 e. The number of carbonyl (C=O) groups excluding carboxylic acids is 1. The van der Waals surface area contributed by atoms with Crippen LogP contribution in [0, 0.1) is 16.4 Å². The lowest BCUT2D eigenvalue weighted by atomic mass is 10.2. The first kappa shape index (κ1) is 10.9. The van der Waals surface area contributed by atoms with Crippen LogP contribution in [0.15, 0.2) is 18.2 Å². The van der Waals surface area contributed by atoms with Gasteiger partial charge in [0, 0.05) is 15.2 Å². The molecule has 0 bridgehead atoms. The highest BCUT2D eigenvalue weighted by Crippen LogP contribution is 2.29. The van der Waals surface area contributed by atoms with E-state index < -0.39 is 0 Å². The van der Waals surface area contributed by atoms with Gasteiger partial charge in [0.15, 0.2) is 5.78 Å². The van der Waals surface area contributed by atoms with Crippen LogP contribution >= 0.6 is 22.6 Å². The van der Waals surface area contributed by atoms with Crippen molar-refractivity contribution >= 4 is 34.1 Å². The number of anilines is 1. The third-order valence-corrected chi connectivity index (χ3v) is 3.35. The third-order valence-electron chi connectivity index (χ3n) is 2.67. The lowest BCUT2D eigenvalue weighted by Gasteiger charge is -2.08. The highest BCUT2D eigenvalue weighted by Gasteiger charge is 2.28. The first-order chi connectivity index (χ1) is 7.16. The third kappa shape index (κ3) is 2.93. The van der Waals surface area contributed by atoms with Crippen LogP contribution in [0.4, 0.5) is 5.69 Å². The van der Waals surface area contributed by atoms with Crippen LogP contribution in [0.1, 0.15) is 18.4 Å². The van der Waals surface area contributed by atoms with Crippen molar-refractivity contribution in [3.05, 3.63) is 27.3 Å². The van der Waals surface area contributed by atoms with Gasteiger partial charge in [0.25, 0.3) is 0 Å². The number of Topliss-reactive ketones (excluding diaryl/α,β-unsaturated/α-hetero) is 1. The standard InChI is InChI=1S/C12H14INO/c1-8-6-10(13)4-5-11(8)14-7-12(15)9-2-3-9/h4-6,9,14H,2-3,7H2,1H3. The van der Waals surface area contributed by atoms with Crippen molar-refractivity contribution in [1.82, 2.24) is 0 Å². The minimum absolute atomic E-state index is 0.349. The normalized spacial score (nSPS) is 15.1. The van der Waals surface area contributed by atoms with Crippen molar-refractivity contribution in [2.75, 3.05) is 11.9 Å². The molecule has 1 aromatic rings. The monoisotopic (exact) mass is 315 g/mol.